The van der Waals surface area contributed by atoms with Crippen LogP contribution in [0, 0.1) is 11.3 Å². The van der Waals surface area contributed by atoms with Crippen LogP contribution >= 0.6 is 11.6 Å². The fourth-order valence-electron chi connectivity index (χ4n) is 1.78. The number of halogens is 1. The lowest BCUT2D eigenvalue weighted by molar-refractivity contribution is 0.594. The zero-order chi connectivity index (χ0) is 14.6. The summed E-state index contributed by atoms with van der Waals surface area (Å²) in [4.78, 5) is 3.81. The highest BCUT2D eigenvalue weighted by Gasteiger charge is 2.15. The molecule has 2 rings (SSSR count). The van der Waals surface area contributed by atoms with Crippen LogP contribution in [0.15, 0.2) is 42.6 Å². The Kier molecular flexibility index (Phi) is 4.38. The monoisotopic (exact) mass is 306 g/mol. The molecule has 4 nitrogen and oxygen atoms in total. The summed E-state index contributed by atoms with van der Waals surface area (Å²) in [6, 6.07) is 11.8. The minimum absolute atomic E-state index is 0.128. The number of hydrogen-bond acceptors (Lipinski definition) is 4. The Balaban J connectivity index is 2.20. The molecule has 0 unspecified atom stereocenters. The van der Waals surface area contributed by atoms with Gasteiger partial charge in [0.2, 0.25) is 0 Å². The van der Waals surface area contributed by atoms with Gasteiger partial charge in [0.25, 0.3) is 0 Å². The molecule has 0 bridgehead atoms. The maximum absolute atomic E-state index is 12.2. The molecule has 102 valence electrons. The van der Waals surface area contributed by atoms with Gasteiger partial charge < -0.3 is 0 Å². The van der Waals surface area contributed by atoms with E-state index in [1.165, 1.54) is 12.3 Å². The lowest BCUT2D eigenvalue weighted by Gasteiger charge is -2.06. The molecular formula is C14H11ClN2O2S. The van der Waals surface area contributed by atoms with E-state index in [-0.39, 0.29) is 17.2 Å². The Morgan fingerprint density at radius 3 is 2.65 bits per heavy atom. The quantitative estimate of drug-likeness (QED) is 0.870. The Hall–Kier alpha value is -1.90. The van der Waals surface area contributed by atoms with Crippen LogP contribution in [0.2, 0.25) is 5.02 Å². The topological polar surface area (TPSA) is 70.8 Å². The first-order valence-electron chi connectivity index (χ1n) is 5.79. The highest BCUT2D eigenvalue weighted by atomic mass is 35.5. The molecule has 0 aliphatic rings. The van der Waals surface area contributed by atoms with E-state index < -0.39 is 9.84 Å². The first-order valence-corrected chi connectivity index (χ1v) is 7.99. The molecule has 1 aromatic heterocycles. The molecule has 20 heavy (non-hydrogen) atoms. The molecule has 0 spiro atoms. The van der Waals surface area contributed by atoms with Gasteiger partial charge in [-0.2, -0.15) is 5.26 Å². The van der Waals surface area contributed by atoms with Crippen LogP contribution in [0.4, 0.5) is 0 Å². The fourth-order valence-corrected chi connectivity index (χ4v) is 3.58. The molecule has 0 saturated carbocycles. The van der Waals surface area contributed by atoms with E-state index >= 15 is 0 Å². The van der Waals surface area contributed by atoms with E-state index in [1.807, 2.05) is 6.07 Å². The molecule has 0 aliphatic carbocycles. The molecule has 2 aromatic rings. The minimum atomic E-state index is -3.36. The van der Waals surface area contributed by atoms with E-state index in [4.69, 9.17) is 16.9 Å². The van der Waals surface area contributed by atoms with Crippen molar-refractivity contribution >= 4 is 21.4 Å². The van der Waals surface area contributed by atoms with Gasteiger partial charge in [-0.05, 0) is 29.3 Å². The van der Waals surface area contributed by atoms with Crippen molar-refractivity contribution in [2.45, 2.75) is 11.5 Å². The van der Waals surface area contributed by atoms with Gasteiger partial charge in [0.15, 0.2) is 9.84 Å². The number of sulfone groups is 1. The third-order valence-corrected chi connectivity index (χ3v) is 4.55. The molecule has 0 fully saturated rings. The van der Waals surface area contributed by atoms with Crippen LogP contribution in [-0.2, 0) is 21.3 Å². The second kappa shape index (κ2) is 6.04. The van der Waals surface area contributed by atoms with Crippen molar-refractivity contribution in [3.05, 3.63) is 64.4 Å². The van der Waals surface area contributed by atoms with Gasteiger partial charge in [-0.3, -0.25) is 0 Å². The average molecular weight is 307 g/mol. The van der Waals surface area contributed by atoms with E-state index in [9.17, 15) is 8.42 Å². The van der Waals surface area contributed by atoms with Gasteiger partial charge in [0.05, 0.1) is 11.5 Å². The zero-order valence-electron chi connectivity index (χ0n) is 10.5. The summed E-state index contributed by atoms with van der Waals surface area (Å²) in [6.45, 7) is 0. The number of benzene rings is 1. The van der Waals surface area contributed by atoms with Gasteiger partial charge in [-0.25, -0.2) is 13.4 Å². The zero-order valence-corrected chi connectivity index (χ0v) is 12.0. The van der Waals surface area contributed by atoms with Gasteiger partial charge >= 0.3 is 0 Å². The Bertz CT molecular complexity index is 767. The van der Waals surface area contributed by atoms with Crippen molar-refractivity contribution in [1.29, 1.82) is 5.26 Å². The smallest absolute Gasteiger partial charge is 0.158 e. The SMILES string of the molecule is N#Cc1cc(CS(=O)(=O)Cc2ccccc2Cl)ccn1. The summed E-state index contributed by atoms with van der Waals surface area (Å²) in [5.74, 6) is -0.272. The summed E-state index contributed by atoms with van der Waals surface area (Å²) in [7, 11) is -3.36. The van der Waals surface area contributed by atoms with E-state index in [0.29, 0.717) is 16.1 Å². The first-order chi connectivity index (χ1) is 9.50. The third-order valence-electron chi connectivity index (χ3n) is 2.66. The van der Waals surface area contributed by atoms with Gasteiger partial charge in [0.1, 0.15) is 11.8 Å². The maximum Gasteiger partial charge on any atom is 0.158 e. The van der Waals surface area contributed by atoms with Crippen LogP contribution in [0.1, 0.15) is 16.8 Å². The Labute approximate surface area is 122 Å². The minimum Gasteiger partial charge on any atom is -0.246 e. The lowest BCUT2D eigenvalue weighted by Crippen LogP contribution is -2.08. The molecular weight excluding hydrogens is 296 g/mol. The van der Waals surface area contributed by atoms with E-state index in [2.05, 4.69) is 4.98 Å². The number of nitriles is 1. The van der Waals surface area contributed by atoms with E-state index in [0.717, 1.165) is 0 Å². The molecule has 1 heterocycles. The fraction of sp³-hybridized carbons (Fsp3) is 0.143. The standard InChI is InChI=1S/C14H11ClN2O2S/c15-14-4-2-1-3-12(14)10-20(18,19)9-11-5-6-17-13(7-11)8-16/h1-7H,9-10H2. The van der Waals surface area contributed by atoms with Crippen LogP contribution < -0.4 is 0 Å². The largest absolute Gasteiger partial charge is 0.246 e. The summed E-state index contributed by atoms with van der Waals surface area (Å²) in [5, 5.41) is 9.19. The average Bonchev–Trinajstić information content (AvgIpc) is 2.41. The van der Waals surface area contributed by atoms with Crippen LogP contribution in [0.5, 0.6) is 0 Å². The molecule has 0 amide bonds. The summed E-state index contributed by atoms with van der Waals surface area (Å²) in [5.41, 5.74) is 1.32. The molecule has 0 radical (unpaired) electrons. The molecule has 1 aromatic carbocycles. The summed E-state index contributed by atoms with van der Waals surface area (Å²) < 4.78 is 24.3. The predicted octanol–water partition coefficient (Wildman–Crippen LogP) is 2.72. The molecule has 0 N–H and O–H groups in total. The number of aromatic nitrogens is 1. The molecule has 6 heteroatoms. The highest BCUT2D eigenvalue weighted by Crippen LogP contribution is 2.19. The van der Waals surface area contributed by atoms with Crippen LogP contribution in [0.25, 0.3) is 0 Å². The van der Waals surface area contributed by atoms with Crippen molar-refractivity contribution in [1.82, 2.24) is 4.98 Å². The van der Waals surface area contributed by atoms with Crippen LogP contribution in [-0.4, -0.2) is 13.4 Å². The second-order valence-corrected chi connectivity index (χ2v) is 6.76. The third kappa shape index (κ3) is 3.80. The van der Waals surface area contributed by atoms with Crippen molar-refractivity contribution < 1.29 is 8.42 Å². The van der Waals surface area contributed by atoms with Crippen LogP contribution in [0.3, 0.4) is 0 Å². The van der Waals surface area contributed by atoms with Gasteiger partial charge in [-0.1, -0.05) is 29.8 Å². The van der Waals surface area contributed by atoms with E-state index in [1.54, 1.807) is 30.3 Å². The number of pyridine rings is 1. The molecule has 0 atom stereocenters. The molecule has 0 aliphatic heterocycles. The summed E-state index contributed by atoms with van der Waals surface area (Å²) >= 11 is 5.96. The Morgan fingerprint density at radius 2 is 1.95 bits per heavy atom. The highest BCUT2D eigenvalue weighted by molar-refractivity contribution is 7.89. The van der Waals surface area contributed by atoms with Gasteiger partial charge in [-0.15, -0.1) is 0 Å². The second-order valence-electron chi connectivity index (χ2n) is 4.28. The van der Waals surface area contributed by atoms with Crippen molar-refractivity contribution in [2.24, 2.45) is 0 Å². The Morgan fingerprint density at radius 1 is 1.20 bits per heavy atom. The summed E-state index contributed by atoms with van der Waals surface area (Å²) in [6.07, 6.45) is 1.43. The number of nitrogens with zero attached hydrogens (tertiary/aromatic N) is 2. The normalized spacial score (nSPS) is 11.0. The molecule has 0 saturated heterocycles. The first kappa shape index (κ1) is 14.5. The lowest BCUT2D eigenvalue weighted by atomic mass is 10.2. The number of hydrogen-bond donors (Lipinski definition) is 0. The van der Waals surface area contributed by atoms with Crippen molar-refractivity contribution in [3.63, 3.8) is 0 Å². The van der Waals surface area contributed by atoms with Gasteiger partial charge in [0, 0.05) is 11.2 Å². The maximum atomic E-state index is 12.2. The predicted molar refractivity (Wildman–Crippen MR) is 76.7 cm³/mol. The van der Waals surface area contributed by atoms with Crippen molar-refractivity contribution in [3.8, 4) is 6.07 Å². The van der Waals surface area contributed by atoms with Crippen molar-refractivity contribution in [2.75, 3.05) is 0 Å². The number of rotatable bonds is 4.